The summed E-state index contributed by atoms with van der Waals surface area (Å²) in [5.74, 6) is 0. The van der Waals surface area contributed by atoms with Crippen LogP contribution in [0.15, 0.2) is 0 Å². The molecule has 0 spiro atoms. The number of likely N-dealkylation sites (tertiary alicyclic amines) is 1. The molecule has 1 aliphatic heterocycles. The van der Waals surface area contributed by atoms with Crippen LogP contribution in [0.5, 0.6) is 0 Å². The summed E-state index contributed by atoms with van der Waals surface area (Å²) in [6.07, 6.45) is 3.39. The Morgan fingerprint density at radius 3 is 2.33 bits per heavy atom. The highest BCUT2D eigenvalue weighted by Gasteiger charge is 2.41. The maximum Gasteiger partial charge on any atom is 0.0695 e. The Morgan fingerprint density at radius 2 is 1.92 bits per heavy atom. The quantitative estimate of drug-likeness (QED) is 0.638. The molecule has 2 heteroatoms. The number of hydrogen-bond acceptors (Lipinski definition) is 2. The van der Waals surface area contributed by atoms with Crippen molar-refractivity contribution < 1.29 is 5.11 Å². The first-order chi connectivity index (χ1) is 5.58. The molecule has 70 valence electrons. The first-order valence-corrected chi connectivity index (χ1v) is 5.01. The Labute approximate surface area is 74.6 Å². The minimum Gasteiger partial charge on any atom is -0.391 e. The predicted octanol–water partition coefficient (Wildman–Crippen LogP) is 1.24. The first kappa shape index (κ1) is 8.52. The Morgan fingerprint density at radius 1 is 1.25 bits per heavy atom. The molecule has 1 aliphatic carbocycles. The second-order valence-electron chi connectivity index (χ2n) is 5.13. The highest BCUT2D eigenvalue weighted by molar-refractivity contribution is 4.96. The molecule has 2 fully saturated rings. The van der Waals surface area contributed by atoms with E-state index < -0.39 is 0 Å². The van der Waals surface area contributed by atoms with E-state index in [-0.39, 0.29) is 6.10 Å². The second kappa shape index (κ2) is 2.71. The van der Waals surface area contributed by atoms with Gasteiger partial charge in [-0.25, -0.2) is 0 Å². The van der Waals surface area contributed by atoms with Crippen molar-refractivity contribution in [2.24, 2.45) is 5.41 Å². The van der Waals surface area contributed by atoms with Gasteiger partial charge in [0.2, 0.25) is 0 Å². The topological polar surface area (TPSA) is 23.5 Å². The summed E-state index contributed by atoms with van der Waals surface area (Å²) in [5, 5.41) is 9.65. The van der Waals surface area contributed by atoms with Gasteiger partial charge in [0.1, 0.15) is 0 Å². The third kappa shape index (κ3) is 1.38. The van der Waals surface area contributed by atoms with Gasteiger partial charge >= 0.3 is 0 Å². The van der Waals surface area contributed by atoms with Crippen LogP contribution in [0.1, 0.15) is 33.1 Å². The average molecular weight is 169 g/mol. The van der Waals surface area contributed by atoms with Crippen molar-refractivity contribution in [2.45, 2.75) is 45.3 Å². The highest BCUT2D eigenvalue weighted by Crippen LogP contribution is 2.35. The van der Waals surface area contributed by atoms with Gasteiger partial charge in [-0.05, 0) is 24.7 Å². The lowest BCUT2D eigenvalue weighted by Gasteiger charge is -2.49. The van der Waals surface area contributed by atoms with Crippen LogP contribution < -0.4 is 0 Å². The van der Waals surface area contributed by atoms with Crippen LogP contribution in [0.2, 0.25) is 0 Å². The fourth-order valence-electron chi connectivity index (χ4n) is 2.63. The molecule has 0 bridgehead atoms. The molecule has 2 atom stereocenters. The Balaban J connectivity index is 1.87. The van der Waals surface area contributed by atoms with Crippen molar-refractivity contribution in [1.82, 2.24) is 4.90 Å². The average Bonchev–Trinajstić information content (AvgIpc) is 2.30. The van der Waals surface area contributed by atoms with E-state index in [0.717, 1.165) is 6.42 Å². The third-order valence-electron chi connectivity index (χ3n) is 3.18. The number of nitrogens with zero attached hydrogens (tertiary/aromatic N) is 1. The van der Waals surface area contributed by atoms with E-state index in [4.69, 9.17) is 0 Å². The van der Waals surface area contributed by atoms with Gasteiger partial charge in [-0.15, -0.1) is 0 Å². The largest absolute Gasteiger partial charge is 0.391 e. The van der Waals surface area contributed by atoms with Gasteiger partial charge in [0.15, 0.2) is 0 Å². The molecular weight excluding hydrogens is 150 g/mol. The van der Waals surface area contributed by atoms with Crippen molar-refractivity contribution in [3.63, 3.8) is 0 Å². The lowest BCUT2D eigenvalue weighted by Crippen LogP contribution is -2.58. The number of aliphatic hydroxyl groups excluding tert-OH is 1. The standard InChI is InChI=1S/C10H19NO/c1-10(2)6-11(7-10)8-4-3-5-9(8)12/h8-9,12H,3-7H2,1-2H3. The minimum atomic E-state index is -0.0406. The van der Waals surface area contributed by atoms with Crippen molar-refractivity contribution >= 4 is 0 Å². The SMILES string of the molecule is CC1(C)CN(C2CCCC2O)C1. The van der Waals surface area contributed by atoms with Crippen molar-refractivity contribution in [3.8, 4) is 0 Å². The molecule has 0 radical (unpaired) electrons. The van der Waals surface area contributed by atoms with E-state index in [2.05, 4.69) is 18.7 Å². The Kier molecular flexibility index (Phi) is 1.92. The molecule has 0 aromatic carbocycles. The van der Waals surface area contributed by atoms with Crippen LogP contribution in [0, 0.1) is 5.41 Å². The van der Waals surface area contributed by atoms with Crippen LogP contribution in [-0.4, -0.2) is 35.2 Å². The van der Waals surface area contributed by atoms with E-state index in [0.29, 0.717) is 11.5 Å². The van der Waals surface area contributed by atoms with E-state index in [1.165, 1.54) is 25.9 Å². The van der Waals surface area contributed by atoms with E-state index in [1.807, 2.05) is 0 Å². The molecule has 2 aliphatic rings. The smallest absolute Gasteiger partial charge is 0.0695 e. The molecule has 2 unspecified atom stereocenters. The van der Waals surface area contributed by atoms with Crippen molar-refractivity contribution in [3.05, 3.63) is 0 Å². The van der Waals surface area contributed by atoms with Crippen LogP contribution in [0.3, 0.4) is 0 Å². The van der Waals surface area contributed by atoms with Crippen LogP contribution in [0.25, 0.3) is 0 Å². The summed E-state index contributed by atoms with van der Waals surface area (Å²) in [5.41, 5.74) is 0.502. The third-order valence-corrected chi connectivity index (χ3v) is 3.18. The zero-order chi connectivity index (χ0) is 8.77. The molecule has 0 aromatic heterocycles. The second-order valence-corrected chi connectivity index (χ2v) is 5.13. The molecule has 0 amide bonds. The summed E-state index contributed by atoms with van der Waals surface area (Å²) in [7, 11) is 0. The molecule has 1 saturated carbocycles. The molecule has 2 rings (SSSR count). The van der Waals surface area contributed by atoms with Gasteiger partial charge in [0.05, 0.1) is 6.10 Å². The zero-order valence-electron chi connectivity index (χ0n) is 8.08. The van der Waals surface area contributed by atoms with Gasteiger partial charge in [0.25, 0.3) is 0 Å². The summed E-state index contributed by atoms with van der Waals surface area (Å²) < 4.78 is 0. The molecular formula is C10H19NO. The number of rotatable bonds is 1. The van der Waals surface area contributed by atoms with E-state index >= 15 is 0 Å². The first-order valence-electron chi connectivity index (χ1n) is 5.01. The predicted molar refractivity (Wildman–Crippen MR) is 49.0 cm³/mol. The lowest BCUT2D eigenvalue weighted by atomic mass is 9.83. The molecule has 12 heavy (non-hydrogen) atoms. The van der Waals surface area contributed by atoms with Gasteiger partial charge in [-0.2, -0.15) is 0 Å². The van der Waals surface area contributed by atoms with E-state index in [9.17, 15) is 5.11 Å². The lowest BCUT2D eigenvalue weighted by molar-refractivity contribution is -0.0409. The summed E-state index contributed by atoms with van der Waals surface area (Å²) >= 11 is 0. The fraction of sp³-hybridized carbons (Fsp3) is 1.00. The number of aliphatic hydroxyl groups is 1. The molecule has 1 N–H and O–H groups in total. The molecule has 2 nitrogen and oxygen atoms in total. The highest BCUT2D eigenvalue weighted by atomic mass is 16.3. The molecule has 1 saturated heterocycles. The van der Waals surface area contributed by atoms with Gasteiger partial charge < -0.3 is 5.11 Å². The normalized spacial score (nSPS) is 41.2. The summed E-state index contributed by atoms with van der Waals surface area (Å²) in [4.78, 5) is 2.44. The van der Waals surface area contributed by atoms with Crippen LogP contribution in [0.4, 0.5) is 0 Å². The van der Waals surface area contributed by atoms with Gasteiger partial charge in [-0.3, -0.25) is 4.90 Å². The number of hydrogen-bond donors (Lipinski definition) is 1. The van der Waals surface area contributed by atoms with Crippen LogP contribution in [-0.2, 0) is 0 Å². The van der Waals surface area contributed by atoms with Gasteiger partial charge in [-0.1, -0.05) is 13.8 Å². The summed E-state index contributed by atoms with van der Waals surface area (Å²) in [6, 6.07) is 0.484. The zero-order valence-corrected chi connectivity index (χ0v) is 8.08. The minimum absolute atomic E-state index is 0.0406. The maximum absolute atomic E-state index is 9.65. The van der Waals surface area contributed by atoms with E-state index in [1.54, 1.807) is 0 Å². The summed E-state index contributed by atoms with van der Waals surface area (Å²) in [6.45, 7) is 6.94. The maximum atomic E-state index is 9.65. The monoisotopic (exact) mass is 169 g/mol. The van der Waals surface area contributed by atoms with Crippen molar-refractivity contribution in [2.75, 3.05) is 13.1 Å². The van der Waals surface area contributed by atoms with Crippen LogP contribution >= 0.6 is 0 Å². The fourth-order valence-corrected chi connectivity index (χ4v) is 2.63. The van der Waals surface area contributed by atoms with Gasteiger partial charge in [0, 0.05) is 19.1 Å². The molecule has 1 heterocycles. The molecule has 0 aromatic rings. The Hall–Kier alpha value is -0.0800. The Bertz CT molecular complexity index is 171. The van der Waals surface area contributed by atoms with Crippen molar-refractivity contribution in [1.29, 1.82) is 0 Å².